The van der Waals surface area contributed by atoms with Crippen molar-refractivity contribution in [2.45, 2.75) is 45.6 Å². The fraction of sp³-hybridized carbons (Fsp3) is 0.571. The van der Waals surface area contributed by atoms with E-state index in [-0.39, 0.29) is 6.04 Å². The van der Waals surface area contributed by atoms with E-state index in [1.54, 1.807) is 0 Å². The molecule has 0 aliphatic rings. The van der Waals surface area contributed by atoms with Crippen LogP contribution in [-0.2, 0) is 0 Å². The first-order chi connectivity index (χ1) is 7.69. The summed E-state index contributed by atoms with van der Waals surface area (Å²) in [5.74, 6) is 0.568. The molecule has 0 bridgehead atoms. The monoisotopic (exact) mass is 239 g/mol. The number of benzene rings is 1. The van der Waals surface area contributed by atoms with Gasteiger partial charge >= 0.3 is 0 Å². The number of halogens is 1. The third-order valence-corrected chi connectivity index (χ3v) is 3.43. The van der Waals surface area contributed by atoms with E-state index in [2.05, 4.69) is 19.9 Å². The summed E-state index contributed by atoms with van der Waals surface area (Å²) in [7, 11) is 0. The molecule has 0 aromatic heterocycles. The lowest BCUT2D eigenvalue weighted by Crippen LogP contribution is -2.21. The van der Waals surface area contributed by atoms with Crippen LogP contribution in [0.5, 0.6) is 0 Å². The Balaban J connectivity index is 2.70. The van der Waals surface area contributed by atoms with Crippen molar-refractivity contribution in [3.63, 3.8) is 0 Å². The Labute approximate surface area is 104 Å². The van der Waals surface area contributed by atoms with Crippen molar-refractivity contribution in [1.82, 2.24) is 0 Å². The average Bonchev–Trinajstić information content (AvgIpc) is 2.29. The highest BCUT2D eigenvalue weighted by molar-refractivity contribution is 6.30. The molecule has 1 aromatic carbocycles. The van der Waals surface area contributed by atoms with Gasteiger partial charge < -0.3 is 5.73 Å². The lowest BCUT2D eigenvalue weighted by atomic mass is 9.87. The smallest absolute Gasteiger partial charge is 0.0409 e. The van der Waals surface area contributed by atoms with Crippen LogP contribution in [0.3, 0.4) is 0 Å². The van der Waals surface area contributed by atoms with Gasteiger partial charge in [0.05, 0.1) is 0 Å². The van der Waals surface area contributed by atoms with Gasteiger partial charge in [0.1, 0.15) is 0 Å². The Hall–Kier alpha value is -0.530. The molecule has 16 heavy (non-hydrogen) atoms. The summed E-state index contributed by atoms with van der Waals surface area (Å²) in [6.07, 6.45) is 4.83. The molecule has 0 aliphatic heterocycles. The van der Waals surface area contributed by atoms with Gasteiger partial charge in [0.2, 0.25) is 0 Å². The van der Waals surface area contributed by atoms with Crippen molar-refractivity contribution in [3.05, 3.63) is 34.9 Å². The van der Waals surface area contributed by atoms with Gasteiger partial charge in [0, 0.05) is 11.1 Å². The Morgan fingerprint density at radius 1 is 1.31 bits per heavy atom. The van der Waals surface area contributed by atoms with Crippen LogP contribution in [-0.4, -0.2) is 0 Å². The maximum absolute atomic E-state index is 6.30. The minimum Gasteiger partial charge on any atom is -0.324 e. The molecule has 2 unspecified atom stereocenters. The highest BCUT2D eigenvalue weighted by Gasteiger charge is 2.17. The van der Waals surface area contributed by atoms with E-state index < -0.39 is 0 Å². The van der Waals surface area contributed by atoms with E-state index in [4.69, 9.17) is 17.3 Å². The molecule has 1 rings (SSSR count). The lowest BCUT2D eigenvalue weighted by molar-refractivity contribution is 0.378. The van der Waals surface area contributed by atoms with Crippen molar-refractivity contribution >= 4 is 11.6 Å². The zero-order chi connectivity index (χ0) is 12.0. The Kier molecular flexibility index (Phi) is 5.86. The van der Waals surface area contributed by atoms with Crippen molar-refractivity contribution in [2.24, 2.45) is 11.7 Å². The predicted molar refractivity (Wildman–Crippen MR) is 71.7 cm³/mol. The molecule has 1 aromatic rings. The largest absolute Gasteiger partial charge is 0.324 e. The average molecular weight is 240 g/mol. The molecule has 2 heteroatoms. The minimum atomic E-state index is 0.121. The Bertz CT molecular complexity index is 311. The summed E-state index contributed by atoms with van der Waals surface area (Å²) in [5, 5.41) is 0.776. The van der Waals surface area contributed by atoms with Gasteiger partial charge in [-0.1, -0.05) is 56.8 Å². The fourth-order valence-corrected chi connectivity index (χ4v) is 2.29. The quantitative estimate of drug-likeness (QED) is 0.774. The van der Waals surface area contributed by atoms with Crippen LogP contribution in [0.25, 0.3) is 0 Å². The molecular weight excluding hydrogens is 218 g/mol. The number of rotatable bonds is 6. The second kappa shape index (κ2) is 6.93. The third-order valence-electron chi connectivity index (χ3n) is 3.19. The van der Waals surface area contributed by atoms with E-state index in [1.807, 2.05) is 18.2 Å². The molecule has 0 amide bonds. The molecule has 0 saturated carbocycles. The molecule has 0 heterocycles. The second-order valence-corrected chi connectivity index (χ2v) is 4.83. The number of nitrogens with two attached hydrogens (primary N) is 1. The van der Waals surface area contributed by atoms with E-state index in [1.165, 1.54) is 19.3 Å². The molecule has 1 nitrogen and oxygen atoms in total. The Morgan fingerprint density at radius 2 is 2.06 bits per heavy atom. The zero-order valence-corrected chi connectivity index (χ0v) is 11.0. The van der Waals surface area contributed by atoms with Crippen LogP contribution < -0.4 is 5.73 Å². The molecule has 2 atom stereocenters. The summed E-state index contributed by atoms with van der Waals surface area (Å²) in [6.45, 7) is 4.43. The van der Waals surface area contributed by atoms with Gasteiger partial charge in [-0.3, -0.25) is 0 Å². The SMILES string of the molecule is CCCCC(CC)C(N)c1cccc(Cl)c1. The minimum absolute atomic E-state index is 0.121. The van der Waals surface area contributed by atoms with Gasteiger partial charge in [-0.25, -0.2) is 0 Å². The molecule has 90 valence electrons. The van der Waals surface area contributed by atoms with Crippen molar-refractivity contribution < 1.29 is 0 Å². The van der Waals surface area contributed by atoms with Gasteiger partial charge in [-0.2, -0.15) is 0 Å². The highest BCUT2D eigenvalue weighted by Crippen LogP contribution is 2.28. The number of hydrogen-bond donors (Lipinski definition) is 1. The van der Waals surface area contributed by atoms with E-state index >= 15 is 0 Å². The van der Waals surface area contributed by atoms with Crippen molar-refractivity contribution in [1.29, 1.82) is 0 Å². The van der Waals surface area contributed by atoms with Crippen molar-refractivity contribution in [3.8, 4) is 0 Å². The molecular formula is C14H22ClN. The molecule has 0 aliphatic carbocycles. The Morgan fingerprint density at radius 3 is 2.62 bits per heavy atom. The van der Waals surface area contributed by atoms with Gasteiger partial charge in [0.15, 0.2) is 0 Å². The number of unbranched alkanes of at least 4 members (excludes halogenated alkanes) is 1. The highest BCUT2D eigenvalue weighted by atomic mass is 35.5. The standard InChI is InChI=1S/C14H22ClN/c1-3-5-7-11(4-2)14(16)12-8-6-9-13(15)10-12/h6,8-11,14H,3-5,7,16H2,1-2H3. The summed E-state index contributed by atoms with van der Waals surface area (Å²) in [4.78, 5) is 0. The van der Waals surface area contributed by atoms with E-state index in [0.717, 1.165) is 17.0 Å². The zero-order valence-electron chi connectivity index (χ0n) is 10.2. The summed E-state index contributed by atoms with van der Waals surface area (Å²) in [6, 6.07) is 8.05. The van der Waals surface area contributed by atoms with Crippen LogP contribution in [0.1, 0.15) is 51.1 Å². The molecule has 0 spiro atoms. The van der Waals surface area contributed by atoms with E-state index in [9.17, 15) is 0 Å². The van der Waals surface area contributed by atoms with Crippen LogP contribution in [0, 0.1) is 5.92 Å². The number of hydrogen-bond acceptors (Lipinski definition) is 1. The first-order valence-corrected chi connectivity index (χ1v) is 6.57. The molecule has 2 N–H and O–H groups in total. The van der Waals surface area contributed by atoms with Gasteiger partial charge in [0.25, 0.3) is 0 Å². The van der Waals surface area contributed by atoms with Crippen LogP contribution >= 0.6 is 11.6 Å². The third kappa shape index (κ3) is 3.80. The summed E-state index contributed by atoms with van der Waals surface area (Å²) < 4.78 is 0. The fourth-order valence-electron chi connectivity index (χ4n) is 2.09. The second-order valence-electron chi connectivity index (χ2n) is 4.39. The van der Waals surface area contributed by atoms with Crippen molar-refractivity contribution in [2.75, 3.05) is 0 Å². The summed E-state index contributed by atoms with van der Waals surface area (Å²) in [5.41, 5.74) is 7.46. The molecule has 0 radical (unpaired) electrons. The maximum Gasteiger partial charge on any atom is 0.0409 e. The normalized spacial score (nSPS) is 14.8. The topological polar surface area (TPSA) is 26.0 Å². The summed E-state index contributed by atoms with van der Waals surface area (Å²) >= 11 is 5.99. The molecule has 0 saturated heterocycles. The predicted octanol–water partition coefficient (Wildman–Crippen LogP) is 4.56. The van der Waals surface area contributed by atoms with Crippen LogP contribution in [0.15, 0.2) is 24.3 Å². The van der Waals surface area contributed by atoms with Crippen LogP contribution in [0.4, 0.5) is 0 Å². The van der Waals surface area contributed by atoms with Gasteiger partial charge in [-0.05, 0) is 30.0 Å². The van der Waals surface area contributed by atoms with Crippen LogP contribution in [0.2, 0.25) is 5.02 Å². The van der Waals surface area contributed by atoms with E-state index in [0.29, 0.717) is 5.92 Å². The first kappa shape index (κ1) is 13.5. The first-order valence-electron chi connectivity index (χ1n) is 6.20. The maximum atomic E-state index is 6.30. The van der Waals surface area contributed by atoms with Gasteiger partial charge in [-0.15, -0.1) is 0 Å². The molecule has 0 fully saturated rings. The lowest BCUT2D eigenvalue weighted by Gasteiger charge is -2.23.